The Labute approximate surface area is 191 Å². The highest BCUT2D eigenvalue weighted by molar-refractivity contribution is 5.92. The summed E-state index contributed by atoms with van der Waals surface area (Å²) in [7, 11) is 0. The Morgan fingerprint density at radius 1 is 1.15 bits per heavy atom. The minimum Gasteiger partial charge on any atom is -0.368 e. The molecular weight excluding hydrogens is 423 g/mol. The van der Waals surface area contributed by atoms with Crippen LogP contribution in [0.5, 0.6) is 0 Å². The van der Waals surface area contributed by atoms with E-state index in [0.29, 0.717) is 18.9 Å². The fraction of sp³-hybridized carbons (Fsp3) is 0.500. The van der Waals surface area contributed by atoms with E-state index in [4.69, 9.17) is 4.74 Å². The largest absolute Gasteiger partial charge is 0.368 e. The number of hydrogen-bond donors (Lipinski definition) is 3. The number of ether oxygens (including phenoxy) is 1. The van der Waals surface area contributed by atoms with Crippen molar-refractivity contribution >= 4 is 22.8 Å². The van der Waals surface area contributed by atoms with Crippen molar-refractivity contribution in [2.75, 3.05) is 11.9 Å². The monoisotopic (exact) mass is 452 g/mol. The highest BCUT2D eigenvalue weighted by Crippen LogP contribution is 2.28. The zero-order valence-corrected chi connectivity index (χ0v) is 18.7. The van der Waals surface area contributed by atoms with Gasteiger partial charge in [0, 0.05) is 42.0 Å². The van der Waals surface area contributed by atoms with Gasteiger partial charge in [-0.25, -0.2) is 19.3 Å². The molecule has 0 radical (unpaired) electrons. The molecule has 4 heterocycles. The first-order valence-electron chi connectivity index (χ1n) is 11.7. The number of aryl methyl sites for hydroxylation is 1. The highest BCUT2D eigenvalue weighted by Gasteiger charge is 2.28. The minimum absolute atomic E-state index is 0.0143. The summed E-state index contributed by atoms with van der Waals surface area (Å²) in [5, 5.41) is 7.30. The van der Waals surface area contributed by atoms with Crippen molar-refractivity contribution in [1.82, 2.24) is 25.3 Å². The summed E-state index contributed by atoms with van der Waals surface area (Å²) in [6.45, 7) is 2.62. The Morgan fingerprint density at radius 3 is 2.88 bits per heavy atom. The summed E-state index contributed by atoms with van der Waals surface area (Å²) >= 11 is 0. The summed E-state index contributed by atoms with van der Waals surface area (Å²) in [4.78, 5) is 28.8. The quantitative estimate of drug-likeness (QED) is 0.543. The van der Waals surface area contributed by atoms with Crippen molar-refractivity contribution in [3.63, 3.8) is 0 Å². The van der Waals surface area contributed by atoms with Crippen LogP contribution in [0, 0.1) is 12.7 Å². The lowest BCUT2D eigenvalue weighted by Gasteiger charge is -2.32. The molecule has 5 rings (SSSR count). The van der Waals surface area contributed by atoms with Crippen molar-refractivity contribution in [3.8, 4) is 11.4 Å². The van der Waals surface area contributed by atoms with E-state index in [0.717, 1.165) is 60.7 Å². The lowest BCUT2D eigenvalue weighted by molar-refractivity contribution is -0.136. The first kappa shape index (κ1) is 21.8. The van der Waals surface area contributed by atoms with Crippen LogP contribution in [0.2, 0.25) is 0 Å². The Kier molecular flexibility index (Phi) is 6.22. The molecule has 1 amide bonds. The van der Waals surface area contributed by atoms with E-state index < -0.39 is 5.82 Å². The third kappa shape index (κ3) is 4.83. The second-order valence-electron chi connectivity index (χ2n) is 9.07. The van der Waals surface area contributed by atoms with Crippen LogP contribution < -0.4 is 10.6 Å². The summed E-state index contributed by atoms with van der Waals surface area (Å²) in [6.07, 6.45) is 10.7. The average molecular weight is 453 g/mol. The lowest BCUT2D eigenvalue weighted by atomic mass is 9.90. The van der Waals surface area contributed by atoms with Crippen molar-refractivity contribution < 1.29 is 13.9 Å². The number of carbonyl (C=O) groups is 1. The number of rotatable bonds is 5. The zero-order chi connectivity index (χ0) is 22.8. The van der Waals surface area contributed by atoms with Crippen LogP contribution in [0.15, 0.2) is 24.7 Å². The van der Waals surface area contributed by atoms with Gasteiger partial charge in [0.2, 0.25) is 5.91 Å². The SMILES string of the molecule is Cc1cnc2[nH]cc(-c3ncc(F)c(N[C@@H]4CCC[C@H](NC(=O)C5CCCCO5)C4)n3)c2c1. The molecule has 1 aliphatic heterocycles. The molecule has 3 atom stereocenters. The van der Waals surface area contributed by atoms with Crippen molar-refractivity contribution in [2.45, 2.75) is 70.1 Å². The maximum absolute atomic E-state index is 14.6. The van der Waals surface area contributed by atoms with Crippen molar-refractivity contribution in [2.24, 2.45) is 0 Å². The summed E-state index contributed by atoms with van der Waals surface area (Å²) in [5.41, 5.74) is 2.55. The number of aromatic nitrogens is 4. The Morgan fingerprint density at radius 2 is 2.03 bits per heavy atom. The predicted molar refractivity (Wildman–Crippen MR) is 123 cm³/mol. The van der Waals surface area contributed by atoms with Crippen LogP contribution in [0.1, 0.15) is 50.5 Å². The van der Waals surface area contributed by atoms with Gasteiger partial charge in [0.05, 0.1) is 6.20 Å². The van der Waals surface area contributed by atoms with Crippen LogP contribution >= 0.6 is 0 Å². The molecule has 1 aliphatic carbocycles. The molecule has 8 nitrogen and oxygen atoms in total. The van der Waals surface area contributed by atoms with Crippen molar-refractivity contribution in [3.05, 3.63) is 36.0 Å². The number of pyridine rings is 1. The van der Waals surface area contributed by atoms with Crippen LogP contribution in [-0.4, -0.2) is 50.6 Å². The van der Waals surface area contributed by atoms with Crippen LogP contribution in [-0.2, 0) is 9.53 Å². The maximum Gasteiger partial charge on any atom is 0.249 e. The van der Waals surface area contributed by atoms with Gasteiger partial charge >= 0.3 is 0 Å². The molecule has 3 aromatic heterocycles. The highest BCUT2D eigenvalue weighted by atomic mass is 19.1. The molecule has 0 aromatic carbocycles. The molecule has 1 unspecified atom stereocenters. The van der Waals surface area contributed by atoms with Gasteiger partial charge in [-0.2, -0.15) is 0 Å². The second-order valence-corrected chi connectivity index (χ2v) is 9.07. The first-order chi connectivity index (χ1) is 16.1. The van der Waals surface area contributed by atoms with Gasteiger partial charge in [-0.3, -0.25) is 4.79 Å². The molecule has 33 heavy (non-hydrogen) atoms. The lowest BCUT2D eigenvalue weighted by Crippen LogP contribution is -2.47. The molecule has 0 bridgehead atoms. The normalized spacial score (nSPS) is 23.4. The Balaban J connectivity index is 1.28. The number of halogens is 1. The van der Waals surface area contributed by atoms with Gasteiger partial charge in [0.15, 0.2) is 17.5 Å². The van der Waals surface area contributed by atoms with Crippen LogP contribution in [0.4, 0.5) is 10.2 Å². The third-order valence-corrected chi connectivity index (χ3v) is 6.49. The number of anilines is 1. The predicted octanol–water partition coefficient (Wildman–Crippen LogP) is 3.88. The second kappa shape index (κ2) is 9.43. The van der Waals surface area contributed by atoms with E-state index in [-0.39, 0.29) is 29.9 Å². The number of hydrogen-bond acceptors (Lipinski definition) is 6. The summed E-state index contributed by atoms with van der Waals surface area (Å²) < 4.78 is 20.2. The van der Waals surface area contributed by atoms with E-state index in [1.807, 2.05) is 13.0 Å². The number of amides is 1. The maximum atomic E-state index is 14.6. The number of fused-ring (bicyclic) bond motifs is 1. The van der Waals surface area contributed by atoms with Crippen molar-refractivity contribution in [1.29, 1.82) is 0 Å². The fourth-order valence-corrected chi connectivity index (χ4v) is 4.78. The standard InChI is InChI=1S/C24H29FN6O2/c1-14-9-17-18(12-27-21(17)26-11-14)22-28-13-19(25)23(31-22)29-15-5-4-6-16(10-15)30-24(32)20-7-2-3-8-33-20/h9,11-13,15-16,20H,2-8,10H2,1H3,(H,26,27)(H,30,32)(H,28,29,31)/t15-,16+,20?/m1/s1. The minimum atomic E-state index is -0.491. The van der Waals surface area contributed by atoms with Gasteiger partial charge in [0.25, 0.3) is 0 Å². The van der Waals surface area contributed by atoms with Gasteiger partial charge in [-0.05, 0) is 63.5 Å². The number of H-pyrrole nitrogens is 1. The van der Waals surface area contributed by atoms with E-state index in [1.165, 1.54) is 6.20 Å². The number of nitrogens with zero attached hydrogens (tertiary/aromatic N) is 3. The van der Waals surface area contributed by atoms with E-state index >= 15 is 0 Å². The molecule has 1 saturated heterocycles. The Hall–Kier alpha value is -3.07. The summed E-state index contributed by atoms with van der Waals surface area (Å²) in [5.74, 6) is 0.101. The molecule has 2 aliphatic rings. The van der Waals surface area contributed by atoms with Gasteiger partial charge in [-0.1, -0.05) is 0 Å². The van der Waals surface area contributed by atoms with E-state index in [1.54, 1.807) is 12.4 Å². The van der Waals surface area contributed by atoms with Gasteiger partial charge in [-0.15, -0.1) is 0 Å². The van der Waals surface area contributed by atoms with Gasteiger partial charge in [0.1, 0.15) is 11.8 Å². The van der Waals surface area contributed by atoms with Gasteiger partial charge < -0.3 is 20.4 Å². The molecule has 3 N–H and O–H groups in total. The third-order valence-electron chi connectivity index (χ3n) is 6.49. The summed E-state index contributed by atoms with van der Waals surface area (Å²) in [6, 6.07) is 2.07. The molecule has 1 saturated carbocycles. The first-order valence-corrected chi connectivity index (χ1v) is 11.7. The molecular formula is C24H29FN6O2. The van der Waals surface area contributed by atoms with Crippen LogP contribution in [0.25, 0.3) is 22.4 Å². The number of nitrogens with one attached hydrogen (secondary N) is 3. The number of carbonyl (C=O) groups excluding carboxylic acids is 1. The molecule has 2 fully saturated rings. The number of aromatic amines is 1. The smallest absolute Gasteiger partial charge is 0.249 e. The van der Waals surface area contributed by atoms with Crippen LogP contribution in [0.3, 0.4) is 0 Å². The molecule has 174 valence electrons. The van der Waals surface area contributed by atoms with E-state index in [2.05, 4.69) is 30.6 Å². The zero-order valence-electron chi connectivity index (χ0n) is 18.7. The fourth-order valence-electron chi connectivity index (χ4n) is 4.78. The average Bonchev–Trinajstić information content (AvgIpc) is 3.24. The molecule has 0 spiro atoms. The Bertz CT molecular complexity index is 1140. The van der Waals surface area contributed by atoms with E-state index in [9.17, 15) is 9.18 Å². The molecule has 3 aromatic rings. The topological polar surface area (TPSA) is 105 Å². The molecule has 9 heteroatoms.